The highest BCUT2D eigenvalue weighted by Crippen LogP contribution is 2.23. The number of fused-ring (bicyclic) bond motifs is 2. The Balaban J connectivity index is 1.34. The van der Waals surface area contributed by atoms with E-state index in [0.717, 1.165) is 27.3 Å². The number of H-pyrrole nitrogens is 1. The number of aromatic amines is 1. The van der Waals surface area contributed by atoms with Gasteiger partial charge in [0.25, 0.3) is 0 Å². The third kappa shape index (κ3) is 3.14. The highest BCUT2D eigenvalue weighted by Gasteiger charge is 2.11. The summed E-state index contributed by atoms with van der Waals surface area (Å²) in [5.74, 6) is 0.224. The molecule has 138 valence electrons. The van der Waals surface area contributed by atoms with Crippen molar-refractivity contribution in [2.75, 3.05) is 5.32 Å². The molecule has 0 aliphatic heterocycles. The molecule has 28 heavy (non-hydrogen) atoms. The number of carbonyl (C=O) groups excluding carboxylic acids is 1. The Labute approximate surface area is 162 Å². The van der Waals surface area contributed by atoms with Crippen LogP contribution in [-0.4, -0.2) is 25.3 Å². The Morgan fingerprint density at radius 1 is 1.18 bits per heavy atom. The van der Waals surface area contributed by atoms with Gasteiger partial charge < -0.3 is 10.3 Å². The molecule has 0 radical (unpaired) electrons. The molecular weight excluding hydrogens is 377 g/mol. The van der Waals surface area contributed by atoms with Crippen LogP contribution in [0.25, 0.3) is 27.4 Å². The molecule has 2 N–H and O–H groups in total. The van der Waals surface area contributed by atoms with Crippen molar-refractivity contribution in [3.05, 3.63) is 71.7 Å². The molecule has 5 rings (SSSR count). The van der Waals surface area contributed by atoms with Gasteiger partial charge in [-0.3, -0.25) is 9.20 Å². The van der Waals surface area contributed by atoms with Gasteiger partial charge in [-0.25, -0.2) is 14.4 Å². The lowest BCUT2D eigenvalue weighted by Gasteiger charge is -2.03. The number of nitrogens with one attached hydrogen (secondary N) is 2. The number of nitrogens with zero attached hydrogens (tertiary/aromatic N) is 3. The number of anilines is 1. The molecule has 0 saturated carbocycles. The number of hydrogen-bond donors (Lipinski definition) is 2. The molecule has 1 amide bonds. The second kappa shape index (κ2) is 6.58. The van der Waals surface area contributed by atoms with Crippen LogP contribution < -0.4 is 5.32 Å². The molecule has 5 aromatic rings. The summed E-state index contributed by atoms with van der Waals surface area (Å²) in [4.78, 5) is 25.4. The van der Waals surface area contributed by atoms with Crippen molar-refractivity contribution in [2.45, 2.75) is 6.42 Å². The van der Waals surface area contributed by atoms with E-state index < -0.39 is 0 Å². The largest absolute Gasteiger partial charge is 0.338 e. The average molecular weight is 391 g/mol. The zero-order valence-electron chi connectivity index (χ0n) is 14.5. The minimum absolute atomic E-state index is 0.136. The quantitative estimate of drug-likeness (QED) is 0.481. The molecule has 0 aliphatic carbocycles. The summed E-state index contributed by atoms with van der Waals surface area (Å²) in [5.41, 5.74) is 3.76. The van der Waals surface area contributed by atoms with Crippen molar-refractivity contribution in [3.8, 4) is 11.4 Å². The zero-order valence-corrected chi connectivity index (χ0v) is 15.3. The third-order valence-corrected chi connectivity index (χ3v) is 5.14. The molecule has 0 bridgehead atoms. The Morgan fingerprint density at radius 3 is 2.86 bits per heavy atom. The van der Waals surface area contributed by atoms with Gasteiger partial charge in [0, 0.05) is 29.0 Å². The van der Waals surface area contributed by atoms with Crippen LogP contribution in [0.4, 0.5) is 10.1 Å². The second-order valence-electron chi connectivity index (χ2n) is 6.37. The summed E-state index contributed by atoms with van der Waals surface area (Å²) in [6.45, 7) is 0. The first-order chi connectivity index (χ1) is 13.6. The monoisotopic (exact) mass is 391 g/mol. The normalized spacial score (nSPS) is 11.3. The first-order valence-corrected chi connectivity index (χ1v) is 9.49. The lowest BCUT2D eigenvalue weighted by molar-refractivity contribution is -0.115. The lowest BCUT2D eigenvalue weighted by atomic mass is 10.2. The number of imidazole rings is 2. The van der Waals surface area contributed by atoms with Gasteiger partial charge in [0.15, 0.2) is 4.96 Å². The maximum absolute atomic E-state index is 13.1. The topological polar surface area (TPSA) is 75.1 Å². The molecule has 3 heterocycles. The summed E-state index contributed by atoms with van der Waals surface area (Å²) < 4.78 is 15.0. The van der Waals surface area contributed by atoms with Gasteiger partial charge in [-0.1, -0.05) is 0 Å². The Hall–Kier alpha value is -3.52. The maximum Gasteiger partial charge on any atom is 0.230 e. The molecule has 3 aromatic heterocycles. The summed E-state index contributed by atoms with van der Waals surface area (Å²) in [5, 5.41) is 4.84. The number of thiazole rings is 1. The number of aromatic nitrogens is 4. The summed E-state index contributed by atoms with van der Waals surface area (Å²) in [6, 6.07) is 11.6. The smallest absolute Gasteiger partial charge is 0.230 e. The van der Waals surface area contributed by atoms with E-state index in [0.29, 0.717) is 11.5 Å². The highest BCUT2D eigenvalue weighted by atomic mass is 32.1. The van der Waals surface area contributed by atoms with Crippen molar-refractivity contribution in [1.29, 1.82) is 0 Å². The summed E-state index contributed by atoms with van der Waals surface area (Å²) in [7, 11) is 0. The number of halogens is 1. The van der Waals surface area contributed by atoms with Crippen molar-refractivity contribution >= 4 is 38.9 Å². The fourth-order valence-corrected chi connectivity index (χ4v) is 3.78. The van der Waals surface area contributed by atoms with Crippen LogP contribution in [0.3, 0.4) is 0 Å². The van der Waals surface area contributed by atoms with Gasteiger partial charge in [-0.15, -0.1) is 11.3 Å². The molecule has 0 unspecified atom stereocenters. The van der Waals surface area contributed by atoms with E-state index in [1.54, 1.807) is 18.2 Å². The first-order valence-electron chi connectivity index (χ1n) is 8.61. The zero-order chi connectivity index (χ0) is 19.1. The van der Waals surface area contributed by atoms with Crippen molar-refractivity contribution in [3.63, 3.8) is 0 Å². The Bertz CT molecular complexity index is 1270. The second-order valence-corrected chi connectivity index (χ2v) is 7.25. The number of amides is 1. The molecule has 8 heteroatoms. The van der Waals surface area contributed by atoms with Crippen LogP contribution in [0.1, 0.15) is 5.69 Å². The predicted molar refractivity (Wildman–Crippen MR) is 107 cm³/mol. The van der Waals surface area contributed by atoms with Crippen molar-refractivity contribution < 1.29 is 9.18 Å². The van der Waals surface area contributed by atoms with Crippen LogP contribution in [0.2, 0.25) is 0 Å². The van der Waals surface area contributed by atoms with Gasteiger partial charge in [0.1, 0.15) is 11.6 Å². The molecule has 0 saturated heterocycles. The van der Waals surface area contributed by atoms with Crippen molar-refractivity contribution in [1.82, 2.24) is 19.4 Å². The lowest BCUT2D eigenvalue weighted by Crippen LogP contribution is -2.14. The number of carbonyl (C=O) groups is 1. The van der Waals surface area contributed by atoms with E-state index in [9.17, 15) is 9.18 Å². The van der Waals surface area contributed by atoms with Crippen molar-refractivity contribution in [2.24, 2.45) is 0 Å². The number of rotatable bonds is 4. The Morgan fingerprint density at radius 2 is 2.04 bits per heavy atom. The average Bonchev–Trinajstić information content (AvgIpc) is 3.36. The molecule has 0 fully saturated rings. The standard InChI is InChI=1S/C20H14FN5OS/c21-13-3-1-12(2-4-13)19-24-16-6-5-14(9-17(16)25-19)22-18(27)10-15-11-26-7-8-28-20(26)23-15/h1-9,11H,10H2,(H,22,27)(H,24,25). The minimum Gasteiger partial charge on any atom is -0.338 e. The minimum atomic E-state index is -0.289. The molecular formula is C20H14FN5OS. The highest BCUT2D eigenvalue weighted by molar-refractivity contribution is 7.15. The van der Waals surface area contributed by atoms with E-state index in [1.165, 1.54) is 23.5 Å². The van der Waals surface area contributed by atoms with E-state index in [2.05, 4.69) is 20.3 Å². The van der Waals surface area contributed by atoms with Crippen LogP contribution in [0.15, 0.2) is 60.2 Å². The van der Waals surface area contributed by atoms with Crippen LogP contribution in [0, 0.1) is 5.82 Å². The van der Waals surface area contributed by atoms with Gasteiger partial charge in [-0.2, -0.15) is 0 Å². The number of hydrogen-bond acceptors (Lipinski definition) is 4. The van der Waals surface area contributed by atoms with Crippen LogP contribution in [0.5, 0.6) is 0 Å². The van der Waals surface area contributed by atoms with E-state index in [1.807, 2.05) is 34.3 Å². The predicted octanol–water partition coefficient (Wildman–Crippen LogP) is 4.26. The molecule has 0 spiro atoms. The van der Waals surface area contributed by atoms with E-state index >= 15 is 0 Å². The van der Waals surface area contributed by atoms with E-state index in [4.69, 9.17) is 0 Å². The van der Waals surface area contributed by atoms with Gasteiger partial charge >= 0.3 is 0 Å². The van der Waals surface area contributed by atoms with Gasteiger partial charge in [0.2, 0.25) is 5.91 Å². The molecule has 0 aliphatic rings. The Kier molecular flexibility index (Phi) is 3.91. The van der Waals surface area contributed by atoms with Crippen LogP contribution >= 0.6 is 11.3 Å². The molecule has 0 atom stereocenters. The van der Waals surface area contributed by atoms with Crippen LogP contribution in [-0.2, 0) is 11.2 Å². The van der Waals surface area contributed by atoms with E-state index in [-0.39, 0.29) is 18.1 Å². The molecule has 6 nitrogen and oxygen atoms in total. The molecule has 2 aromatic carbocycles. The SMILES string of the molecule is O=C(Cc1cn2ccsc2n1)Nc1ccc2nc(-c3ccc(F)cc3)[nH]c2c1. The summed E-state index contributed by atoms with van der Waals surface area (Å²) in [6.07, 6.45) is 3.98. The first kappa shape index (κ1) is 16.6. The number of benzene rings is 2. The fraction of sp³-hybridized carbons (Fsp3) is 0.0500. The third-order valence-electron chi connectivity index (χ3n) is 4.37. The fourth-order valence-electron chi connectivity index (χ4n) is 3.06. The maximum atomic E-state index is 13.1. The summed E-state index contributed by atoms with van der Waals surface area (Å²) >= 11 is 1.53. The van der Waals surface area contributed by atoms with Gasteiger partial charge in [0.05, 0.1) is 23.1 Å². The van der Waals surface area contributed by atoms with Gasteiger partial charge in [-0.05, 0) is 42.5 Å².